The highest BCUT2D eigenvalue weighted by Crippen LogP contribution is 2.17. The SMILES string of the molecule is Cc1cccc(OC(=O)c2ccn(C)c2N)c1. The van der Waals surface area contributed by atoms with Crippen LogP contribution in [0.25, 0.3) is 0 Å². The van der Waals surface area contributed by atoms with Crippen molar-refractivity contribution in [3.63, 3.8) is 0 Å². The van der Waals surface area contributed by atoms with Gasteiger partial charge in [0.2, 0.25) is 0 Å². The predicted octanol–water partition coefficient (Wildman–Crippen LogP) is 2.13. The standard InChI is InChI=1S/C13H14N2O2/c1-9-4-3-5-10(8-9)17-13(16)11-6-7-15(2)12(11)14/h3-8H,14H2,1-2H3. The number of esters is 1. The van der Waals surface area contributed by atoms with E-state index in [9.17, 15) is 4.79 Å². The van der Waals surface area contributed by atoms with Crippen LogP contribution >= 0.6 is 0 Å². The van der Waals surface area contributed by atoms with E-state index < -0.39 is 5.97 Å². The second-order valence-electron chi connectivity index (χ2n) is 3.93. The number of nitrogens with zero attached hydrogens (tertiary/aromatic N) is 1. The van der Waals surface area contributed by atoms with Crippen molar-refractivity contribution in [3.8, 4) is 5.75 Å². The van der Waals surface area contributed by atoms with Crippen LogP contribution in [-0.2, 0) is 7.05 Å². The molecule has 0 atom stereocenters. The van der Waals surface area contributed by atoms with Crippen LogP contribution in [0.1, 0.15) is 15.9 Å². The molecule has 2 N–H and O–H groups in total. The zero-order valence-electron chi connectivity index (χ0n) is 9.81. The highest BCUT2D eigenvalue weighted by atomic mass is 16.5. The van der Waals surface area contributed by atoms with Gasteiger partial charge in [-0.15, -0.1) is 0 Å². The first-order chi connectivity index (χ1) is 8.08. The van der Waals surface area contributed by atoms with E-state index in [1.807, 2.05) is 19.1 Å². The Kier molecular flexibility index (Phi) is 2.87. The fourth-order valence-electron chi connectivity index (χ4n) is 1.56. The minimum Gasteiger partial charge on any atom is -0.423 e. The molecule has 0 fully saturated rings. The summed E-state index contributed by atoms with van der Waals surface area (Å²) in [6.45, 7) is 1.94. The lowest BCUT2D eigenvalue weighted by Crippen LogP contribution is -2.11. The number of rotatable bonds is 2. The van der Waals surface area contributed by atoms with Crippen molar-refractivity contribution in [2.75, 3.05) is 5.73 Å². The summed E-state index contributed by atoms with van der Waals surface area (Å²) in [5.74, 6) is 0.495. The van der Waals surface area contributed by atoms with Crippen molar-refractivity contribution in [1.29, 1.82) is 0 Å². The van der Waals surface area contributed by atoms with Gasteiger partial charge in [0.15, 0.2) is 0 Å². The summed E-state index contributed by atoms with van der Waals surface area (Å²) in [7, 11) is 1.78. The van der Waals surface area contributed by atoms with Gasteiger partial charge < -0.3 is 15.0 Å². The monoisotopic (exact) mass is 230 g/mol. The molecule has 17 heavy (non-hydrogen) atoms. The number of carbonyl (C=O) groups excluding carboxylic acids is 1. The molecule has 0 aliphatic heterocycles. The zero-order chi connectivity index (χ0) is 12.4. The van der Waals surface area contributed by atoms with Gasteiger partial charge in [0, 0.05) is 13.2 Å². The highest BCUT2D eigenvalue weighted by molar-refractivity contribution is 5.95. The van der Waals surface area contributed by atoms with E-state index in [-0.39, 0.29) is 0 Å². The Hall–Kier alpha value is -2.23. The van der Waals surface area contributed by atoms with Crippen molar-refractivity contribution in [3.05, 3.63) is 47.7 Å². The van der Waals surface area contributed by atoms with E-state index in [1.165, 1.54) is 0 Å². The molecule has 0 radical (unpaired) electrons. The number of hydrogen-bond acceptors (Lipinski definition) is 3. The number of aryl methyl sites for hydroxylation is 2. The number of hydrogen-bond donors (Lipinski definition) is 1. The van der Waals surface area contributed by atoms with Crippen LogP contribution in [0.3, 0.4) is 0 Å². The quantitative estimate of drug-likeness (QED) is 0.635. The Morgan fingerprint density at radius 2 is 2.12 bits per heavy atom. The normalized spacial score (nSPS) is 10.2. The Labute approximate surface area is 99.6 Å². The Balaban J connectivity index is 2.20. The van der Waals surface area contributed by atoms with Gasteiger partial charge in [0.1, 0.15) is 17.1 Å². The molecule has 4 nitrogen and oxygen atoms in total. The molecule has 1 aromatic carbocycles. The van der Waals surface area contributed by atoms with Gasteiger partial charge in [0.05, 0.1) is 0 Å². The molecular weight excluding hydrogens is 216 g/mol. The summed E-state index contributed by atoms with van der Waals surface area (Å²) in [4.78, 5) is 11.8. The second-order valence-corrected chi connectivity index (χ2v) is 3.93. The average molecular weight is 230 g/mol. The molecule has 0 saturated heterocycles. The molecule has 0 aliphatic carbocycles. The van der Waals surface area contributed by atoms with Crippen molar-refractivity contribution in [2.45, 2.75) is 6.92 Å². The minimum absolute atomic E-state index is 0.383. The molecule has 88 valence electrons. The van der Waals surface area contributed by atoms with Gasteiger partial charge in [-0.2, -0.15) is 0 Å². The summed E-state index contributed by atoms with van der Waals surface area (Å²) in [6.07, 6.45) is 1.72. The smallest absolute Gasteiger partial charge is 0.347 e. The largest absolute Gasteiger partial charge is 0.423 e. The molecule has 2 aromatic rings. The van der Waals surface area contributed by atoms with E-state index in [0.717, 1.165) is 5.56 Å². The molecule has 0 amide bonds. The first-order valence-electron chi connectivity index (χ1n) is 5.27. The first-order valence-corrected chi connectivity index (χ1v) is 5.27. The Bertz CT molecular complexity index is 558. The molecule has 0 aliphatic rings. The lowest BCUT2D eigenvalue weighted by Gasteiger charge is -2.05. The fraction of sp³-hybridized carbons (Fsp3) is 0.154. The zero-order valence-corrected chi connectivity index (χ0v) is 9.81. The van der Waals surface area contributed by atoms with E-state index in [2.05, 4.69) is 0 Å². The fourth-order valence-corrected chi connectivity index (χ4v) is 1.56. The number of nitrogens with two attached hydrogens (primary N) is 1. The van der Waals surface area contributed by atoms with Gasteiger partial charge in [-0.25, -0.2) is 4.79 Å². The molecule has 2 rings (SSSR count). The third kappa shape index (κ3) is 2.30. The van der Waals surface area contributed by atoms with Gasteiger partial charge in [-0.05, 0) is 30.7 Å². The van der Waals surface area contributed by atoms with Crippen LogP contribution in [0, 0.1) is 6.92 Å². The third-order valence-corrected chi connectivity index (χ3v) is 2.54. The lowest BCUT2D eigenvalue weighted by atomic mass is 10.2. The number of benzene rings is 1. The van der Waals surface area contributed by atoms with Crippen LogP contribution in [0.15, 0.2) is 36.5 Å². The maximum atomic E-state index is 11.8. The summed E-state index contributed by atoms with van der Waals surface area (Å²) < 4.78 is 6.92. The van der Waals surface area contributed by atoms with Crippen molar-refractivity contribution < 1.29 is 9.53 Å². The van der Waals surface area contributed by atoms with Crippen LogP contribution in [-0.4, -0.2) is 10.5 Å². The Morgan fingerprint density at radius 1 is 1.35 bits per heavy atom. The number of ether oxygens (including phenoxy) is 1. The van der Waals surface area contributed by atoms with E-state index in [0.29, 0.717) is 17.1 Å². The first kappa shape index (κ1) is 11.3. The summed E-state index contributed by atoms with van der Waals surface area (Å²) in [5, 5.41) is 0. The molecule has 0 saturated carbocycles. The second kappa shape index (κ2) is 4.33. The molecule has 0 unspecified atom stereocenters. The predicted molar refractivity (Wildman–Crippen MR) is 66.0 cm³/mol. The molecule has 1 aromatic heterocycles. The number of nitrogen functional groups attached to an aromatic ring is 1. The number of carbonyl (C=O) groups is 1. The molecule has 4 heteroatoms. The Morgan fingerprint density at radius 3 is 2.71 bits per heavy atom. The van der Waals surface area contributed by atoms with E-state index >= 15 is 0 Å². The number of anilines is 1. The topological polar surface area (TPSA) is 57.2 Å². The van der Waals surface area contributed by atoms with E-state index in [1.54, 1.807) is 36.0 Å². The molecular formula is C13H14N2O2. The van der Waals surface area contributed by atoms with Crippen molar-refractivity contribution in [1.82, 2.24) is 4.57 Å². The van der Waals surface area contributed by atoms with E-state index in [4.69, 9.17) is 10.5 Å². The van der Waals surface area contributed by atoms with Gasteiger partial charge in [0.25, 0.3) is 0 Å². The van der Waals surface area contributed by atoms with Crippen LogP contribution in [0.4, 0.5) is 5.82 Å². The maximum absolute atomic E-state index is 11.8. The number of aromatic nitrogens is 1. The summed E-state index contributed by atoms with van der Waals surface area (Å²) in [6, 6.07) is 8.97. The van der Waals surface area contributed by atoms with Crippen molar-refractivity contribution >= 4 is 11.8 Å². The molecule has 1 heterocycles. The maximum Gasteiger partial charge on any atom is 0.347 e. The van der Waals surface area contributed by atoms with Crippen molar-refractivity contribution in [2.24, 2.45) is 7.05 Å². The van der Waals surface area contributed by atoms with Gasteiger partial charge in [-0.3, -0.25) is 0 Å². The van der Waals surface area contributed by atoms with Gasteiger partial charge >= 0.3 is 5.97 Å². The van der Waals surface area contributed by atoms with Gasteiger partial charge in [-0.1, -0.05) is 12.1 Å². The van der Waals surface area contributed by atoms with Crippen LogP contribution < -0.4 is 10.5 Å². The average Bonchev–Trinajstić information content (AvgIpc) is 2.60. The third-order valence-electron chi connectivity index (χ3n) is 2.54. The summed E-state index contributed by atoms with van der Waals surface area (Å²) in [5.41, 5.74) is 7.17. The molecule has 0 bridgehead atoms. The highest BCUT2D eigenvalue weighted by Gasteiger charge is 2.14. The lowest BCUT2D eigenvalue weighted by molar-refractivity contribution is 0.0736. The summed E-state index contributed by atoms with van der Waals surface area (Å²) >= 11 is 0. The molecule has 0 spiro atoms. The van der Waals surface area contributed by atoms with Crippen LogP contribution in [0.2, 0.25) is 0 Å². The minimum atomic E-state index is -0.436. The van der Waals surface area contributed by atoms with Crippen LogP contribution in [0.5, 0.6) is 5.75 Å².